The lowest BCUT2D eigenvalue weighted by Gasteiger charge is -2.14. The van der Waals surface area contributed by atoms with E-state index in [9.17, 15) is 0 Å². The van der Waals surface area contributed by atoms with Crippen LogP contribution in [0.2, 0.25) is 0 Å². The molecule has 0 saturated carbocycles. The number of ether oxygens (including phenoxy) is 2. The highest BCUT2D eigenvalue weighted by molar-refractivity contribution is 5.20. The Bertz CT molecular complexity index is 159. The van der Waals surface area contributed by atoms with Crippen LogP contribution in [-0.2, 0) is 9.47 Å². The summed E-state index contributed by atoms with van der Waals surface area (Å²) in [6.07, 6.45) is 1.94. The maximum Gasteiger partial charge on any atom is 0.122 e. The molecule has 2 heteroatoms. The van der Waals surface area contributed by atoms with E-state index in [1.807, 2.05) is 13.0 Å². The van der Waals surface area contributed by atoms with E-state index in [2.05, 4.69) is 6.58 Å². The molecule has 0 aromatic heterocycles. The zero-order valence-electron chi connectivity index (χ0n) is 6.22. The van der Waals surface area contributed by atoms with Crippen molar-refractivity contribution in [3.8, 4) is 0 Å². The largest absolute Gasteiger partial charge is 0.496 e. The molecular formula is C8H12O2. The lowest BCUT2D eigenvalue weighted by molar-refractivity contribution is 0.106. The van der Waals surface area contributed by atoms with Gasteiger partial charge in [0, 0.05) is 0 Å². The Morgan fingerprint density at radius 3 is 3.10 bits per heavy atom. The van der Waals surface area contributed by atoms with Crippen LogP contribution in [0.4, 0.5) is 0 Å². The summed E-state index contributed by atoms with van der Waals surface area (Å²) in [4.78, 5) is 0. The fraction of sp³-hybridized carbons (Fsp3) is 0.500. The van der Waals surface area contributed by atoms with Crippen LogP contribution in [0.25, 0.3) is 0 Å². The third-order valence-electron chi connectivity index (χ3n) is 1.23. The van der Waals surface area contributed by atoms with Crippen molar-refractivity contribution in [2.75, 3.05) is 19.8 Å². The molecule has 0 atom stereocenters. The Morgan fingerprint density at radius 2 is 2.50 bits per heavy atom. The highest BCUT2D eigenvalue weighted by atomic mass is 16.5. The molecule has 0 bridgehead atoms. The Kier molecular flexibility index (Phi) is 2.51. The second-order valence-electron chi connectivity index (χ2n) is 2.19. The summed E-state index contributed by atoms with van der Waals surface area (Å²) in [5.41, 5.74) is 0.981. The van der Waals surface area contributed by atoms with Crippen LogP contribution in [-0.4, -0.2) is 19.8 Å². The molecule has 0 N–H and O–H groups in total. The average molecular weight is 140 g/mol. The van der Waals surface area contributed by atoms with Crippen LogP contribution in [0, 0.1) is 0 Å². The average Bonchev–Trinajstić information content (AvgIpc) is 1.88. The van der Waals surface area contributed by atoms with E-state index in [-0.39, 0.29) is 0 Å². The zero-order valence-corrected chi connectivity index (χ0v) is 6.22. The third kappa shape index (κ3) is 1.88. The molecule has 0 unspecified atom stereocenters. The van der Waals surface area contributed by atoms with Crippen molar-refractivity contribution in [2.24, 2.45) is 0 Å². The Labute approximate surface area is 61.1 Å². The molecule has 0 amide bonds. The van der Waals surface area contributed by atoms with Gasteiger partial charge in [-0.15, -0.1) is 0 Å². The van der Waals surface area contributed by atoms with Crippen LogP contribution >= 0.6 is 0 Å². The van der Waals surface area contributed by atoms with Crippen LogP contribution in [0.15, 0.2) is 24.0 Å². The molecule has 1 aliphatic heterocycles. The molecule has 0 aromatic carbocycles. The number of hydrogen-bond acceptors (Lipinski definition) is 2. The van der Waals surface area contributed by atoms with Crippen molar-refractivity contribution in [1.29, 1.82) is 0 Å². The molecular weight excluding hydrogens is 128 g/mol. The fourth-order valence-corrected chi connectivity index (χ4v) is 0.862. The van der Waals surface area contributed by atoms with Crippen molar-refractivity contribution in [3.05, 3.63) is 24.0 Å². The molecule has 2 nitrogen and oxygen atoms in total. The van der Waals surface area contributed by atoms with Gasteiger partial charge >= 0.3 is 0 Å². The lowest BCUT2D eigenvalue weighted by atomic mass is 10.2. The van der Waals surface area contributed by atoms with Gasteiger partial charge in [-0.05, 0) is 18.6 Å². The summed E-state index contributed by atoms with van der Waals surface area (Å²) < 4.78 is 10.4. The first kappa shape index (κ1) is 7.35. The first-order valence-electron chi connectivity index (χ1n) is 3.42. The van der Waals surface area contributed by atoms with E-state index >= 15 is 0 Å². The normalized spacial score (nSPS) is 18.5. The van der Waals surface area contributed by atoms with Crippen molar-refractivity contribution in [3.63, 3.8) is 0 Å². The van der Waals surface area contributed by atoms with Crippen molar-refractivity contribution in [1.82, 2.24) is 0 Å². The first-order chi connectivity index (χ1) is 4.83. The molecule has 0 spiro atoms. The Balaban J connectivity index is 2.49. The first-order valence-corrected chi connectivity index (χ1v) is 3.42. The van der Waals surface area contributed by atoms with Crippen molar-refractivity contribution < 1.29 is 9.47 Å². The molecule has 56 valence electrons. The van der Waals surface area contributed by atoms with Crippen LogP contribution in [0.5, 0.6) is 0 Å². The minimum atomic E-state index is 0.590. The minimum Gasteiger partial charge on any atom is -0.496 e. The topological polar surface area (TPSA) is 18.5 Å². The van der Waals surface area contributed by atoms with E-state index in [1.165, 1.54) is 0 Å². The highest BCUT2D eigenvalue weighted by Crippen LogP contribution is 2.09. The predicted molar refractivity (Wildman–Crippen MR) is 39.7 cm³/mol. The van der Waals surface area contributed by atoms with Crippen LogP contribution in [0.1, 0.15) is 6.92 Å². The van der Waals surface area contributed by atoms with E-state index < -0.39 is 0 Å². The highest BCUT2D eigenvalue weighted by Gasteiger charge is 2.05. The predicted octanol–water partition coefficient (Wildman–Crippen LogP) is 1.49. The number of rotatable bonds is 2. The molecule has 1 heterocycles. The second-order valence-corrected chi connectivity index (χ2v) is 2.19. The van der Waals surface area contributed by atoms with Gasteiger partial charge in [-0.25, -0.2) is 0 Å². The van der Waals surface area contributed by atoms with Crippen LogP contribution in [0.3, 0.4) is 0 Å². The smallest absolute Gasteiger partial charge is 0.122 e. The summed E-state index contributed by atoms with van der Waals surface area (Å²) >= 11 is 0. The summed E-state index contributed by atoms with van der Waals surface area (Å²) in [7, 11) is 0. The van der Waals surface area contributed by atoms with Gasteiger partial charge in [-0.3, -0.25) is 0 Å². The maximum atomic E-state index is 5.23. The van der Waals surface area contributed by atoms with Gasteiger partial charge in [0.2, 0.25) is 0 Å². The number of hydrogen-bond donors (Lipinski definition) is 0. The van der Waals surface area contributed by atoms with E-state index in [1.54, 1.807) is 0 Å². The molecule has 1 rings (SSSR count). The Morgan fingerprint density at radius 1 is 1.70 bits per heavy atom. The Hall–Kier alpha value is -0.760. The fourth-order valence-electron chi connectivity index (χ4n) is 0.862. The zero-order chi connectivity index (χ0) is 7.40. The summed E-state index contributed by atoms with van der Waals surface area (Å²) in [5.74, 6) is 0.888. The standard InChI is InChI=1S/C8H12O2/c1-3-10-8-4-7(2)5-9-6-8/h4H,2-3,5-6H2,1H3. The molecule has 10 heavy (non-hydrogen) atoms. The van der Waals surface area contributed by atoms with E-state index in [0.29, 0.717) is 19.8 Å². The maximum absolute atomic E-state index is 5.23. The van der Waals surface area contributed by atoms with Gasteiger partial charge in [-0.2, -0.15) is 0 Å². The van der Waals surface area contributed by atoms with E-state index in [4.69, 9.17) is 9.47 Å². The quantitative estimate of drug-likeness (QED) is 0.578. The van der Waals surface area contributed by atoms with Crippen LogP contribution < -0.4 is 0 Å². The van der Waals surface area contributed by atoms with Gasteiger partial charge in [0.05, 0.1) is 13.2 Å². The summed E-state index contributed by atoms with van der Waals surface area (Å²) in [6.45, 7) is 7.64. The van der Waals surface area contributed by atoms with Gasteiger partial charge in [0.1, 0.15) is 12.4 Å². The van der Waals surface area contributed by atoms with E-state index in [0.717, 1.165) is 11.3 Å². The second kappa shape index (κ2) is 3.42. The molecule has 0 fully saturated rings. The van der Waals surface area contributed by atoms with Gasteiger partial charge < -0.3 is 9.47 Å². The molecule has 0 aromatic rings. The molecule has 1 aliphatic rings. The SMILES string of the molecule is C=C1C=C(OCC)COC1. The van der Waals surface area contributed by atoms with Gasteiger partial charge in [0.15, 0.2) is 0 Å². The third-order valence-corrected chi connectivity index (χ3v) is 1.23. The van der Waals surface area contributed by atoms with Crippen molar-refractivity contribution in [2.45, 2.75) is 6.92 Å². The minimum absolute atomic E-state index is 0.590. The molecule has 0 radical (unpaired) electrons. The molecule has 0 saturated heterocycles. The monoisotopic (exact) mass is 140 g/mol. The van der Waals surface area contributed by atoms with Gasteiger partial charge in [-0.1, -0.05) is 6.58 Å². The van der Waals surface area contributed by atoms with Crippen molar-refractivity contribution >= 4 is 0 Å². The lowest BCUT2D eigenvalue weighted by Crippen LogP contribution is -2.10. The molecule has 0 aliphatic carbocycles. The summed E-state index contributed by atoms with van der Waals surface area (Å²) in [5, 5.41) is 0. The summed E-state index contributed by atoms with van der Waals surface area (Å²) in [6, 6.07) is 0. The van der Waals surface area contributed by atoms with Gasteiger partial charge in [0.25, 0.3) is 0 Å².